The lowest BCUT2D eigenvalue weighted by Gasteiger charge is -2.07. The molecule has 11 aromatic rings. The highest BCUT2D eigenvalue weighted by Gasteiger charge is 2.30. The number of ketones is 3. The number of fused-ring (bicyclic) bond motifs is 3. The molecule has 11 rings (SSSR count). The molecule has 0 aliphatic carbocycles. The van der Waals surface area contributed by atoms with Crippen molar-refractivity contribution in [2.75, 3.05) is 6.61 Å². The largest absolute Gasteiger partial charge is 0.396 e. The van der Waals surface area contributed by atoms with Gasteiger partial charge in [0.2, 0.25) is 5.13 Å². The number of pyridine rings is 3. The van der Waals surface area contributed by atoms with Crippen molar-refractivity contribution in [1.29, 1.82) is 0 Å². The molecule has 20 nitrogen and oxygen atoms in total. The molecule has 0 atom stereocenters. The van der Waals surface area contributed by atoms with Crippen molar-refractivity contribution in [3.8, 4) is 33.8 Å². The van der Waals surface area contributed by atoms with E-state index in [2.05, 4.69) is 52.3 Å². The van der Waals surface area contributed by atoms with Crippen LogP contribution in [0.2, 0.25) is 0 Å². The molecule has 102 heavy (non-hydrogen) atoms. The number of nitrogens with zero attached hydrogens (tertiary/aromatic N) is 13. The summed E-state index contributed by atoms with van der Waals surface area (Å²) < 4.78 is 119. The van der Waals surface area contributed by atoms with Crippen LogP contribution in [0.15, 0.2) is 185 Å². The van der Waals surface area contributed by atoms with Crippen LogP contribution >= 0.6 is 11.3 Å². The Kier molecular flexibility index (Phi) is 25.9. The van der Waals surface area contributed by atoms with E-state index in [1.165, 1.54) is 11.3 Å². The third-order valence-electron chi connectivity index (χ3n) is 15.1. The lowest BCUT2D eigenvalue weighted by molar-refractivity contribution is -0.143. The van der Waals surface area contributed by atoms with Gasteiger partial charge in [-0.25, -0.2) is 29.9 Å². The predicted octanol–water partition coefficient (Wildman–Crippen LogP) is 15.8. The number of thiazole rings is 1. The van der Waals surface area contributed by atoms with Gasteiger partial charge in [-0.1, -0.05) is 83.4 Å². The van der Waals surface area contributed by atoms with E-state index < -0.39 is 74.4 Å². The summed E-state index contributed by atoms with van der Waals surface area (Å²) in [6, 6.07) is 32.7. The van der Waals surface area contributed by atoms with Crippen molar-refractivity contribution in [2.24, 2.45) is 33.2 Å². The number of unbranched alkanes of at least 4 members (excludes halogenated alkanes) is 1. The summed E-state index contributed by atoms with van der Waals surface area (Å²) in [5, 5.41) is 14.3. The van der Waals surface area contributed by atoms with Gasteiger partial charge in [-0.2, -0.15) is 39.5 Å². The van der Waals surface area contributed by atoms with E-state index in [9.17, 15) is 53.9 Å². The number of rotatable bonds is 29. The molecule has 30 heteroatoms. The van der Waals surface area contributed by atoms with Gasteiger partial charge in [0.1, 0.15) is 40.9 Å². The molecule has 0 aliphatic rings. The van der Waals surface area contributed by atoms with Crippen LogP contribution in [0.5, 0.6) is 0 Å². The maximum Gasteiger partial charge on any atom is 0.389 e. The Bertz CT molecular complexity index is 4770. The third kappa shape index (κ3) is 23.5. The topological polar surface area (TPSA) is 237 Å². The quantitative estimate of drug-likeness (QED) is 0.0151. The first-order valence-electron chi connectivity index (χ1n) is 31.9. The van der Waals surface area contributed by atoms with Gasteiger partial charge >= 0.3 is 18.5 Å². The Balaban J connectivity index is 0.000000179. The number of aromatic nitrogens is 9. The minimum absolute atomic E-state index is 0.0285. The highest BCUT2D eigenvalue weighted by Crippen LogP contribution is 2.29. The number of amidine groups is 1. The maximum absolute atomic E-state index is 12.4. The smallest absolute Gasteiger partial charge is 0.389 e. The van der Waals surface area contributed by atoms with Gasteiger partial charge < -0.3 is 24.8 Å². The minimum atomic E-state index is -4.34. The fourth-order valence-corrected chi connectivity index (χ4v) is 10.8. The van der Waals surface area contributed by atoms with Crippen molar-refractivity contribution < 1.29 is 68.4 Å². The molecule has 0 spiro atoms. The number of aryl methyl sites for hydroxylation is 1. The van der Waals surface area contributed by atoms with Crippen LogP contribution in [0.4, 0.5) is 44.6 Å². The van der Waals surface area contributed by atoms with Crippen LogP contribution in [0, 0.1) is 0 Å². The molecule has 0 aliphatic heterocycles. The first-order chi connectivity index (χ1) is 48.8. The second kappa shape index (κ2) is 35.2. The van der Waals surface area contributed by atoms with Gasteiger partial charge in [0.05, 0.1) is 103 Å². The van der Waals surface area contributed by atoms with E-state index in [1.807, 2.05) is 109 Å². The first-order valence-corrected chi connectivity index (χ1v) is 32.8. The number of carbonyl (C=O) groups is 3. The molecule has 0 fully saturated rings. The fourth-order valence-electron chi connectivity index (χ4n) is 10.0. The van der Waals surface area contributed by atoms with Crippen molar-refractivity contribution in [2.45, 2.75) is 116 Å². The number of nitrogens with two attached hydrogens (primary N) is 1. The number of carbonyl (C=O) groups excluding carboxylic acids is 3. The van der Waals surface area contributed by atoms with E-state index >= 15 is 0 Å². The second-order valence-electron chi connectivity index (χ2n) is 23.4. The van der Waals surface area contributed by atoms with Crippen molar-refractivity contribution >= 4 is 75.2 Å². The Morgan fingerprint density at radius 1 is 0.549 bits per heavy atom. The molecule has 0 amide bonds. The van der Waals surface area contributed by atoms with Crippen LogP contribution in [-0.4, -0.2) is 110 Å². The van der Waals surface area contributed by atoms with E-state index in [0.717, 1.165) is 74.6 Å². The number of halogens is 9. The Morgan fingerprint density at radius 2 is 0.951 bits per heavy atom. The summed E-state index contributed by atoms with van der Waals surface area (Å²) in [7, 11) is 1.88. The Labute approximate surface area is 582 Å². The van der Waals surface area contributed by atoms with Gasteiger partial charge in [0.15, 0.2) is 13.2 Å². The summed E-state index contributed by atoms with van der Waals surface area (Å²) in [6.45, 7) is 4.85. The molecule has 8 heterocycles. The average molecular weight is 1430 g/mol. The number of benzene rings is 3. The number of hydrogen-bond acceptors (Lipinski definition) is 16. The maximum atomic E-state index is 12.4. The van der Waals surface area contributed by atoms with Gasteiger partial charge in [0, 0.05) is 103 Å². The molecule has 0 radical (unpaired) electrons. The van der Waals surface area contributed by atoms with Crippen LogP contribution in [-0.2, 0) is 68.4 Å². The predicted molar refractivity (Wildman–Crippen MR) is 369 cm³/mol. The molecule has 2 N–H and O–H groups in total. The molecular weight excluding hydrogens is 1360 g/mol. The van der Waals surface area contributed by atoms with E-state index in [-0.39, 0.29) is 25.9 Å². The number of aliphatic imine (C=N–C) groups is 1. The van der Waals surface area contributed by atoms with Crippen molar-refractivity contribution in [3.63, 3.8) is 0 Å². The minimum Gasteiger partial charge on any atom is -0.396 e. The molecule has 0 saturated heterocycles. The number of imidazole rings is 4. The highest BCUT2D eigenvalue weighted by atomic mass is 32.1. The lowest BCUT2D eigenvalue weighted by Crippen LogP contribution is -2.12. The molecule has 0 bridgehead atoms. The monoisotopic (exact) mass is 1430 g/mol. The normalized spacial score (nSPS) is 12.2. The molecule has 8 aromatic heterocycles. The van der Waals surface area contributed by atoms with Crippen LogP contribution in [0.3, 0.4) is 0 Å². The van der Waals surface area contributed by atoms with E-state index in [4.69, 9.17) is 20.2 Å². The third-order valence-corrected chi connectivity index (χ3v) is 15.9. The fraction of sp³-hybridized carbons (Fsp3) is 0.278. The summed E-state index contributed by atoms with van der Waals surface area (Å²) in [6.07, 6.45) is 2.92. The molecule has 3 aromatic carbocycles. The molecule has 0 saturated carbocycles. The number of hydrogen-bond donors (Lipinski definition) is 1. The number of alkyl halides is 9. The zero-order chi connectivity index (χ0) is 72.8. The van der Waals surface area contributed by atoms with Crippen LogP contribution < -0.4 is 5.73 Å². The standard InChI is InChI=1S/C25H23F3N6O2S.C24H22F3N5O2.C23H24F3N3O2/c1-16(29)32-24-33-20(15-37-24)14-36-31-12-18-6-8-34-22(13-30-23(34)11-18)19-4-2-3-17(9-19)10-21(35)5-7-25(26,27)28;1-31-16-28-13-20(31)15-34-30-12-18-6-8-32-22(14-29-23(32)11-18)19-4-2-3-17(9-19)10-21(33)5-7-24(25,26)27;1-2-3-11-31-28-15-18-8-10-29-21(16-27-22(29)14-18)19-6-4-5-17(12-19)13-20(30)7-9-23(24,25)26/h2-4,6,8-9,11-13,15H,5,7,10,14H2,1H3,(H2,29,32,33);2-4,6,8-9,11-14,16H,5,7,10,15H2,1H3;4-6,8,10,12,14-16H,2-3,7,9,11,13H2,1H3/b;30-12+;28-15+. The number of oxime groups is 3. The summed E-state index contributed by atoms with van der Waals surface area (Å²) >= 11 is 1.36. The van der Waals surface area contributed by atoms with Gasteiger partial charge in [-0.15, -0.1) is 11.3 Å². The highest BCUT2D eigenvalue weighted by molar-refractivity contribution is 7.13. The Hall–Kier alpha value is -11.2. The number of Topliss-reactive ketones (excluding diaryl/α,β-unsaturated/α-hetero) is 3. The summed E-state index contributed by atoms with van der Waals surface area (Å²) in [4.78, 5) is 77.4. The molecular formula is C72H69F9N14O6S. The van der Waals surface area contributed by atoms with E-state index in [1.54, 1.807) is 105 Å². The van der Waals surface area contributed by atoms with E-state index in [0.29, 0.717) is 57.9 Å². The summed E-state index contributed by atoms with van der Waals surface area (Å²) in [5.41, 5.74) is 18.5. The molecule has 0 unspecified atom stereocenters. The average Bonchev–Trinajstić information content (AvgIpc) is 1.65. The van der Waals surface area contributed by atoms with Crippen molar-refractivity contribution in [1.82, 2.24) is 42.7 Å². The van der Waals surface area contributed by atoms with Gasteiger partial charge in [-0.05, 0) is 84.6 Å². The molecule has 532 valence electrons. The second-order valence-corrected chi connectivity index (χ2v) is 24.2. The lowest BCUT2D eigenvalue weighted by atomic mass is 10.0. The SMILES string of the molecule is CC(N)=Nc1nc(CON=Cc2ccn3c(-c4cccc(CC(=O)CCC(F)(F)F)c4)cnc3c2)cs1.CCCCO/N=C/c1ccn2c(-c3cccc(CC(=O)CCC(F)(F)F)c3)cnc2c1.Cn1cncc1CO/N=C/c1ccn2c(-c3cccc(CC(=O)CCC(F)(F)F)c3)cnc2c1. The van der Waals surface area contributed by atoms with Crippen molar-refractivity contribution in [3.05, 3.63) is 209 Å². The van der Waals surface area contributed by atoms with Gasteiger partial charge in [-0.3, -0.25) is 27.6 Å². The van der Waals surface area contributed by atoms with Gasteiger partial charge in [0.25, 0.3) is 0 Å². The zero-order valence-corrected chi connectivity index (χ0v) is 56.2. The Morgan fingerprint density at radius 3 is 1.32 bits per heavy atom. The zero-order valence-electron chi connectivity index (χ0n) is 55.4. The van der Waals surface area contributed by atoms with Crippen LogP contribution in [0.25, 0.3) is 50.7 Å². The first kappa shape index (κ1) is 75.0. The van der Waals surface area contributed by atoms with Crippen LogP contribution in [0.1, 0.15) is 110 Å². The summed E-state index contributed by atoms with van der Waals surface area (Å²) in [5.74, 6) is -0.895.